The number of anilines is 1. The van der Waals surface area contributed by atoms with E-state index < -0.39 is 18.0 Å². The molecule has 35 heavy (non-hydrogen) atoms. The van der Waals surface area contributed by atoms with Gasteiger partial charge in [0.2, 0.25) is 5.91 Å². The van der Waals surface area contributed by atoms with Crippen LogP contribution in [-0.2, 0) is 22.6 Å². The number of fused-ring (bicyclic) bond motifs is 1. The van der Waals surface area contributed by atoms with E-state index in [2.05, 4.69) is 15.6 Å². The molecule has 0 saturated heterocycles. The molecule has 4 aromatic rings. The highest BCUT2D eigenvalue weighted by Crippen LogP contribution is 2.26. The highest BCUT2D eigenvalue weighted by atomic mass is 16.4. The number of hydrogen-bond donors (Lipinski definition) is 3. The molecule has 0 fully saturated rings. The lowest BCUT2D eigenvalue weighted by atomic mass is 9.92. The van der Waals surface area contributed by atoms with Crippen LogP contribution in [-0.4, -0.2) is 37.1 Å². The van der Waals surface area contributed by atoms with E-state index in [4.69, 9.17) is 0 Å². The zero-order valence-electron chi connectivity index (χ0n) is 18.7. The third-order valence-electron chi connectivity index (χ3n) is 5.72. The van der Waals surface area contributed by atoms with Gasteiger partial charge >= 0.3 is 5.97 Å². The molecule has 9 heteroatoms. The van der Waals surface area contributed by atoms with Gasteiger partial charge in [0.05, 0.1) is 23.8 Å². The molecule has 0 aliphatic heterocycles. The number of carboxylic acid groups (broad SMARTS) is 1. The highest BCUT2D eigenvalue weighted by molar-refractivity contribution is 5.92. The van der Waals surface area contributed by atoms with Crippen molar-refractivity contribution in [3.8, 4) is 0 Å². The Morgan fingerprint density at radius 3 is 2.34 bits per heavy atom. The Morgan fingerprint density at radius 2 is 1.63 bits per heavy atom. The number of aliphatic carboxylic acids is 1. The SMILES string of the molecule is O=C(Cc1ccccc1)Nc1ccc(C(O)[C@H](CCn2nnc3ccccc3c2=O)C(=O)O)cc1. The van der Waals surface area contributed by atoms with Gasteiger partial charge in [0, 0.05) is 12.2 Å². The van der Waals surface area contributed by atoms with Crippen molar-refractivity contribution in [1.82, 2.24) is 15.0 Å². The Labute approximate surface area is 200 Å². The summed E-state index contributed by atoms with van der Waals surface area (Å²) in [6, 6.07) is 22.5. The Hall–Kier alpha value is -4.37. The lowest BCUT2D eigenvalue weighted by Crippen LogP contribution is -2.29. The van der Waals surface area contributed by atoms with Crippen LogP contribution in [0.4, 0.5) is 5.69 Å². The summed E-state index contributed by atoms with van der Waals surface area (Å²) >= 11 is 0. The highest BCUT2D eigenvalue weighted by Gasteiger charge is 2.28. The van der Waals surface area contributed by atoms with Crippen molar-refractivity contribution in [3.63, 3.8) is 0 Å². The molecule has 3 N–H and O–H groups in total. The molecule has 1 heterocycles. The number of aryl methyl sites for hydroxylation is 1. The molecule has 4 rings (SSSR count). The van der Waals surface area contributed by atoms with Gasteiger partial charge in [-0.1, -0.05) is 59.8 Å². The molecule has 178 valence electrons. The first-order chi connectivity index (χ1) is 16.9. The van der Waals surface area contributed by atoms with Crippen molar-refractivity contribution in [2.75, 3.05) is 5.32 Å². The summed E-state index contributed by atoms with van der Waals surface area (Å²) in [5.74, 6) is -2.55. The van der Waals surface area contributed by atoms with Crippen LogP contribution in [0.3, 0.4) is 0 Å². The predicted molar refractivity (Wildman–Crippen MR) is 130 cm³/mol. The topological polar surface area (TPSA) is 134 Å². The lowest BCUT2D eigenvalue weighted by Gasteiger charge is -2.20. The third-order valence-corrected chi connectivity index (χ3v) is 5.72. The molecule has 0 saturated carbocycles. The summed E-state index contributed by atoms with van der Waals surface area (Å²) in [7, 11) is 0. The van der Waals surface area contributed by atoms with Crippen LogP contribution >= 0.6 is 0 Å². The summed E-state index contributed by atoms with van der Waals surface area (Å²) in [6.45, 7) is -0.0156. The number of nitrogens with zero attached hydrogens (tertiary/aromatic N) is 3. The van der Waals surface area contributed by atoms with Crippen LogP contribution in [0.2, 0.25) is 0 Å². The van der Waals surface area contributed by atoms with Crippen molar-refractivity contribution in [3.05, 3.63) is 100 Å². The average Bonchev–Trinajstić information content (AvgIpc) is 2.86. The minimum absolute atomic E-state index is 0.0156. The molecule has 1 aromatic heterocycles. The Balaban J connectivity index is 1.41. The first-order valence-electron chi connectivity index (χ1n) is 11.1. The molecule has 2 atom stereocenters. The van der Waals surface area contributed by atoms with Gasteiger partial charge in [-0.2, -0.15) is 0 Å². The monoisotopic (exact) mass is 472 g/mol. The molecule has 9 nitrogen and oxygen atoms in total. The van der Waals surface area contributed by atoms with E-state index in [1.165, 1.54) is 0 Å². The summed E-state index contributed by atoms with van der Waals surface area (Å²) in [4.78, 5) is 36.7. The number of hydrogen-bond acceptors (Lipinski definition) is 6. The maximum absolute atomic E-state index is 12.6. The van der Waals surface area contributed by atoms with Crippen LogP contribution in [0.25, 0.3) is 10.9 Å². The van der Waals surface area contributed by atoms with Gasteiger partial charge in [0.15, 0.2) is 0 Å². The van der Waals surface area contributed by atoms with Crippen LogP contribution in [0.15, 0.2) is 83.7 Å². The van der Waals surface area contributed by atoms with Crippen LogP contribution in [0.1, 0.15) is 23.7 Å². The fraction of sp³-hybridized carbons (Fsp3) is 0.192. The van der Waals surface area contributed by atoms with E-state index in [1.54, 1.807) is 48.5 Å². The Kier molecular flexibility index (Phi) is 7.27. The quantitative estimate of drug-likeness (QED) is 0.341. The molecule has 1 unspecified atom stereocenters. The second kappa shape index (κ2) is 10.7. The Morgan fingerprint density at radius 1 is 0.943 bits per heavy atom. The van der Waals surface area contributed by atoms with E-state index in [1.807, 2.05) is 30.3 Å². The maximum Gasteiger partial charge on any atom is 0.309 e. The summed E-state index contributed by atoms with van der Waals surface area (Å²) in [6.07, 6.45) is -1.12. The number of aliphatic hydroxyl groups excluding tert-OH is 1. The van der Waals surface area contributed by atoms with E-state index in [0.29, 0.717) is 22.2 Å². The number of carbonyl (C=O) groups excluding carboxylic acids is 1. The lowest BCUT2D eigenvalue weighted by molar-refractivity contribution is -0.146. The minimum atomic E-state index is -1.31. The van der Waals surface area contributed by atoms with Gasteiger partial charge in [0.1, 0.15) is 5.52 Å². The zero-order chi connectivity index (χ0) is 24.8. The minimum Gasteiger partial charge on any atom is -0.481 e. The van der Waals surface area contributed by atoms with E-state index in [-0.39, 0.29) is 30.9 Å². The van der Waals surface area contributed by atoms with Gasteiger partial charge in [-0.25, -0.2) is 4.68 Å². The number of amides is 1. The molecule has 1 amide bonds. The molecule has 0 bridgehead atoms. The standard InChI is InChI=1S/C26H24N4O5/c31-23(16-17-6-2-1-3-7-17)27-19-12-10-18(11-13-19)24(32)21(26(34)35)14-15-30-25(33)20-8-4-5-9-22(20)28-29-30/h1-13,21,24,32H,14-16H2,(H,27,31)(H,34,35)/t21-,24?/m0/s1. The summed E-state index contributed by atoms with van der Waals surface area (Å²) in [5, 5.41) is 31.5. The number of carbonyl (C=O) groups is 2. The first kappa shape index (κ1) is 23.8. The van der Waals surface area contributed by atoms with E-state index in [0.717, 1.165) is 10.2 Å². The number of nitrogens with one attached hydrogen (secondary N) is 1. The fourth-order valence-electron chi connectivity index (χ4n) is 3.83. The number of benzene rings is 3. The van der Waals surface area contributed by atoms with Crippen LogP contribution in [0, 0.1) is 5.92 Å². The number of carboxylic acids is 1. The summed E-state index contributed by atoms with van der Waals surface area (Å²) in [5.41, 5.74) is 1.89. The van der Waals surface area contributed by atoms with Gasteiger partial charge in [-0.05, 0) is 41.8 Å². The second-order valence-corrected chi connectivity index (χ2v) is 8.15. The number of rotatable bonds is 9. The van der Waals surface area contributed by atoms with Crippen molar-refractivity contribution >= 4 is 28.5 Å². The van der Waals surface area contributed by atoms with Crippen LogP contribution < -0.4 is 10.9 Å². The largest absolute Gasteiger partial charge is 0.481 e. The van der Waals surface area contributed by atoms with Crippen molar-refractivity contribution < 1.29 is 19.8 Å². The van der Waals surface area contributed by atoms with Gasteiger partial charge in [-0.3, -0.25) is 14.4 Å². The average molecular weight is 473 g/mol. The van der Waals surface area contributed by atoms with Crippen LogP contribution in [0.5, 0.6) is 0 Å². The second-order valence-electron chi connectivity index (χ2n) is 8.15. The predicted octanol–water partition coefficient (Wildman–Crippen LogP) is 2.80. The van der Waals surface area contributed by atoms with Gasteiger partial charge < -0.3 is 15.5 Å². The Bertz CT molecular complexity index is 1390. The van der Waals surface area contributed by atoms with Gasteiger partial charge in [0.25, 0.3) is 5.56 Å². The number of aromatic nitrogens is 3. The fourth-order valence-corrected chi connectivity index (χ4v) is 3.83. The smallest absolute Gasteiger partial charge is 0.309 e. The first-order valence-corrected chi connectivity index (χ1v) is 11.1. The molecule has 0 spiro atoms. The van der Waals surface area contributed by atoms with E-state index >= 15 is 0 Å². The van der Waals surface area contributed by atoms with Crippen molar-refractivity contribution in [1.29, 1.82) is 0 Å². The maximum atomic E-state index is 12.6. The molecule has 3 aromatic carbocycles. The van der Waals surface area contributed by atoms with Crippen molar-refractivity contribution in [2.45, 2.75) is 25.5 Å². The summed E-state index contributed by atoms with van der Waals surface area (Å²) < 4.78 is 1.11. The molecular formula is C26H24N4O5. The van der Waals surface area contributed by atoms with Crippen molar-refractivity contribution in [2.24, 2.45) is 5.92 Å². The molecule has 0 radical (unpaired) electrons. The molecule has 0 aliphatic rings. The van der Waals surface area contributed by atoms with E-state index in [9.17, 15) is 24.6 Å². The van der Waals surface area contributed by atoms with Gasteiger partial charge in [-0.15, -0.1) is 5.10 Å². The molecular weight excluding hydrogens is 448 g/mol. The zero-order valence-corrected chi connectivity index (χ0v) is 18.7. The number of aliphatic hydroxyl groups is 1. The third kappa shape index (κ3) is 5.77. The normalized spacial score (nSPS) is 12.7. The molecule has 0 aliphatic carbocycles.